The minimum absolute atomic E-state index is 0.212. The molecule has 2 aromatic carbocycles. The topological polar surface area (TPSA) is 20.3 Å². The zero-order valence-corrected chi connectivity index (χ0v) is 13.7. The summed E-state index contributed by atoms with van der Waals surface area (Å²) in [6.07, 6.45) is 5.20. The standard InChI is InChI=1S/C19H21NOS/c1-22-18-12-10-17(11-13-18)20-14-16(19(20)21)9-5-8-15-6-3-2-4-7-15/h2-4,6-7,10-13,16H,5,8-9,14H2,1H3. The molecule has 2 nitrogen and oxygen atoms in total. The van der Waals surface area contributed by atoms with E-state index < -0.39 is 0 Å². The Kier molecular flexibility index (Phi) is 4.84. The first-order valence-electron chi connectivity index (χ1n) is 7.77. The molecule has 0 spiro atoms. The number of aryl methyl sites for hydroxylation is 1. The first-order valence-corrected chi connectivity index (χ1v) is 9.00. The van der Waals surface area contributed by atoms with E-state index in [-0.39, 0.29) is 11.8 Å². The molecule has 0 radical (unpaired) electrons. The summed E-state index contributed by atoms with van der Waals surface area (Å²) in [7, 11) is 0. The fourth-order valence-electron chi connectivity index (χ4n) is 2.90. The quantitative estimate of drug-likeness (QED) is 0.582. The second-order valence-electron chi connectivity index (χ2n) is 5.72. The van der Waals surface area contributed by atoms with Crippen molar-refractivity contribution in [2.75, 3.05) is 17.7 Å². The number of benzene rings is 2. The Bertz CT molecular complexity index is 624. The fraction of sp³-hybridized carbons (Fsp3) is 0.316. The van der Waals surface area contributed by atoms with E-state index in [4.69, 9.17) is 0 Å². The molecule has 1 aliphatic rings. The monoisotopic (exact) mass is 311 g/mol. The SMILES string of the molecule is CSc1ccc(N2CC(CCCc3ccccc3)C2=O)cc1. The smallest absolute Gasteiger partial charge is 0.231 e. The summed E-state index contributed by atoms with van der Waals surface area (Å²) in [6.45, 7) is 0.867. The Morgan fingerprint density at radius 3 is 2.45 bits per heavy atom. The van der Waals surface area contributed by atoms with Crippen LogP contribution in [0.4, 0.5) is 5.69 Å². The maximum absolute atomic E-state index is 12.3. The van der Waals surface area contributed by atoms with Crippen molar-refractivity contribution < 1.29 is 4.79 Å². The van der Waals surface area contributed by atoms with E-state index in [0.29, 0.717) is 0 Å². The Balaban J connectivity index is 1.47. The number of nitrogens with zero attached hydrogens (tertiary/aromatic N) is 1. The average molecular weight is 311 g/mol. The van der Waals surface area contributed by atoms with Gasteiger partial charge < -0.3 is 4.90 Å². The highest BCUT2D eigenvalue weighted by molar-refractivity contribution is 7.98. The van der Waals surface area contributed by atoms with Crippen LogP contribution in [0.15, 0.2) is 59.5 Å². The predicted molar refractivity (Wildman–Crippen MR) is 93.4 cm³/mol. The molecule has 0 aromatic heterocycles. The largest absolute Gasteiger partial charge is 0.311 e. The highest BCUT2D eigenvalue weighted by Gasteiger charge is 2.36. The van der Waals surface area contributed by atoms with Crippen molar-refractivity contribution in [3.8, 4) is 0 Å². The molecule has 22 heavy (non-hydrogen) atoms. The fourth-order valence-corrected chi connectivity index (χ4v) is 3.31. The van der Waals surface area contributed by atoms with Crippen molar-refractivity contribution in [1.82, 2.24) is 0 Å². The summed E-state index contributed by atoms with van der Waals surface area (Å²) in [4.78, 5) is 15.4. The molecule has 1 heterocycles. The highest BCUT2D eigenvalue weighted by Crippen LogP contribution is 2.30. The third-order valence-corrected chi connectivity index (χ3v) is 5.01. The molecule has 114 valence electrons. The van der Waals surface area contributed by atoms with Gasteiger partial charge in [-0.05, 0) is 55.3 Å². The lowest BCUT2D eigenvalue weighted by Gasteiger charge is -2.38. The Morgan fingerprint density at radius 1 is 1.09 bits per heavy atom. The van der Waals surface area contributed by atoms with Crippen LogP contribution >= 0.6 is 11.8 Å². The average Bonchev–Trinajstić information content (AvgIpc) is 2.58. The summed E-state index contributed by atoms with van der Waals surface area (Å²) in [5.41, 5.74) is 2.39. The van der Waals surface area contributed by atoms with Gasteiger partial charge in [0.15, 0.2) is 0 Å². The number of β-lactam (4-membered cyclic amide) rings is 1. The van der Waals surface area contributed by atoms with E-state index in [1.54, 1.807) is 11.8 Å². The van der Waals surface area contributed by atoms with E-state index >= 15 is 0 Å². The normalized spacial score (nSPS) is 17.4. The van der Waals surface area contributed by atoms with E-state index in [1.807, 2.05) is 23.1 Å². The summed E-state index contributed by atoms with van der Waals surface area (Å²) in [5, 5.41) is 0. The van der Waals surface area contributed by atoms with Gasteiger partial charge in [-0.3, -0.25) is 4.79 Å². The first kappa shape index (κ1) is 15.2. The van der Waals surface area contributed by atoms with Gasteiger partial charge in [0.05, 0.1) is 5.92 Å². The third-order valence-electron chi connectivity index (χ3n) is 4.26. The molecule has 0 aliphatic carbocycles. The number of thioether (sulfide) groups is 1. The second-order valence-corrected chi connectivity index (χ2v) is 6.60. The molecule has 3 rings (SSSR count). The summed E-state index contributed by atoms with van der Waals surface area (Å²) in [6, 6.07) is 18.7. The number of carbonyl (C=O) groups is 1. The van der Waals surface area contributed by atoms with Gasteiger partial charge >= 0.3 is 0 Å². The maximum atomic E-state index is 12.3. The third kappa shape index (κ3) is 3.36. The lowest BCUT2D eigenvalue weighted by molar-refractivity contribution is -0.127. The Hall–Kier alpha value is -1.74. The predicted octanol–water partition coefficient (Wildman–Crippen LogP) is 4.39. The molecule has 1 aliphatic heterocycles. The minimum atomic E-state index is 0.212. The molecule has 1 saturated heterocycles. The van der Waals surface area contributed by atoms with E-state index in [0.717, 1.165) is 31.5 Å². The van der Waals surface area contributed by atoms with Crippen LogP contribution in [0.5, 0.6) is 0 Å². The second kappa shape index (κ2) is 7.01. The lowest BCUT2D eigenvalue weighted by Crippen LogP contribution is -2.52. The van der Waals surface area contributed by atoms with Gasteiger partial charge in [0, 0.05) is 17.1 Å². The van der Waals surface area contributed by atoms with Crippen LogP contribution in [0.3, 0.4) is 0 Å². The van der Waals surface area contributed by atoms with Crippen molar-refractivity contribution in [3.05, 3.63) is 60.2 Å². The Morgan fingerprint density at radius 2 is 1.82 bits per heavy atom. The highest BCUT2D eigenvalue weighted by atomic mass is 32.2. The van der Waals surface area contributed by atoms with Gasteiger partial charge in [0.1, 0.15) is 0 Å². The van der Waals surface area contributed by atoms with Crippen LogP contribution in [0, 0.1) is 5.92 Å². The molecular formula is C19H21NOS. The summed E-state index contributed by atoms with van der Waals surface area (Å²) < 4.78 is 0. The molecule has 0 saturated carbocycles. The molecule has 1 amide bonds. The number of amides is 1. The number of carbonyl (C=O) groups excluding carboxylic acids is 1. The van der Waals surface area contributed by atoms with Crippen molar-refractivity contribution in [2.24, 2.45) is 5.92 Å². The van der Waals surface area contributed by atoms with Crippen molar-refractivity contribution >= 4 is 23.4 Å². The zero-order valence-electron chi connectivity index (χ0n) is 12.9. The maximum Gasteiger partial charge on any atom is 0.231 e. The van der Waals surface area contributed by atoms with Gasteiger partial charge in [-0.2, -0.15) is 0 Å². The summed E-state index contributed by atoms with van der Waals surface area (Å²) in [5.74, 6) is 0.494. The number of rotatable bonds is 6. The zero-order chi connectivity index (χ0) is 15.4. The van der Waals surface area contributed by atoms with Crippen LogP contribution in [0.1, 0.15) is 18.4 Å². The van der Waals surface area contributed by atoms with Crippen LogP contribution in [0.2, 0.25) is 0 Å². The molecule has 3 heteroatoms. The van der Waals surface area contributed by atoms with Gasteiger partial charge in [0.25, 0.3) is 0 Å². The van der Waals surface area contributed by atoms with Crippen molar-refractivity contribution in [3.63, 3.8) is 0 Å². The van der Waals surface area contributed by atoms with Crippen LogP contribution < -0.4 is 4.90 Å². The molecule has 1 fully saturated rings. The molecule has 2 aromatic rings. The molecular weight excluding hydrogens is 290 g/mol. The molecule has 1 atom stereocenters. The minimum Gasteiger partial charge on any atom is -0.311 e. The van der Waals surface area contributed by atoms with Gasteiger partial charge in [-0.1, -0.05) is 30.3 Å². The number of hydrogen-bond donors (Lipinski definition) is 0. The molecule has 0 N–H and O–H groups in total. The summed E-state index contributed by atoms with van der Waals surface area (Å²) >= 11 is 1.72. The van der Waals surface area contributed by atoms with Crippen molar-refractivity contribution in [1.29, 1.82) is 0 Å². The molecule has 1 unspecified atom stereocenters. The van der Waals surface area contributed by atoms with Crippen LogP contribution in [-0.4, -0.2) is 18.7 Å². The van der Waals surface area contributed by atoms with Gasteiger partial charge in [-0.15, -0.1) is 11.8 Å². The number of hydrogen-bond acceptors (Lipinski definition) is 2. The van der Waals surface area contributed by atoms with Gasteiger partial charge in [0.2, 0.25) is 5.91 Å². The van der Waals surface area contributed by atoms with E-state index in [1.165, 1.54) is 10.5 Å². The lowest BCUT2D eigenvalue weighted by atomic mass is 9.91. The van der Waals surface area contributed by atoms with E-state index in [9.17, 15) is 4.79 Å². The van der Waals surface area contributed by atoms with Crippen LogP contribution in [0.25, 0.3) is 0 Å². The first-order chi connectivity index (χ1) is 10.8. The van der Waals surface area contributed by atoms with E-state index in [2.05, 4.69) is 42.7 Å². The van der Waals surface area contributed by atoms with Crippen LogP contribution in [-0.2, 0) is 11.2 Å². The van der Waals surface area contributed by atoms with Gasteiger partial charge in [-0.25, -0.2) is 0 Å². The number of anilines is 1. The Labute approximate surface area is 136 Å². The molecule has 0 bridgehead atoms. The van der Waals surface area contributed by atoms with Crippen molar-refractivity contribution in [2.45, 2.75) is 24.2 Å².